The lowest BCUT2D eigenvalue weighted by Gasteiger charge is -2.23. The van der Waals surface area contributed by atoms with Crippen molar-refractivity contribution in [3.8, 4) is 5.69 Å². The highest BCUT2D eigenvalue weighted by molar-refractivity contribution is 6.30. The van der Waals surface area contributed by atoms with Gasteiger partial charge in [-0.25, -0.2) is 4.39 Å². The van der Waals surface area contributed by atoms with E-state index in [1.807, 2.05) is 12.1 Å². The summed E-state index contributed by atoms with van der Waals surface area (Å²) >= 11 is 5.94. The summed E-state index contributed by atoms with van der Waals surface area (Å²) in [6, 6.07) is 14.3. The zero-order valence-electron chi connectivity index (χ0n) is 16.5. The van der Waals surface area contributed by atoms with Gasteiger partial charge in [-0.3, -0.25) is 14.2 Å². The van der Waals surface area contributed by atoms with Crippen LogP contribution in [-0.2, 0) is 6.54 Å². The molecule has 0 unspecified atom stereocenters. The van der Waals surface area contributed by atoms with Gasteiger partial charge in [0.05, 0.1) is 0 Å². The number of aryl methyl sites for hydroxylation is 1. The minimum absolute atomic E-state index is 0.0497. The second-order valence-electron chi connectivity index (χ2n) is 6.96. The molecule has 2 aromatic carbocycles. The molecule has 1 heterocycles. The van der Waals surface area contributed by atoms with Crippen LogP contribution < -0.4 is 5.56 Å². The third-order valence-corrected chi connectivity index (χ3v) is 5.03. The summed E-state index contributed by atoms with van der Waals surface area (Å²) in [6.45, 7) is 2.21. The maximum atomic E-state index is 13.3. The summed E-state index contributed by atoms with van der Waals surface area (Å²) in [4.78, 5) is 28.0. The number of rotatable bonds is 7. The van der Waals surface area contributed by atoms with E-state index in [2.05, 4.69) is 0 Å². The molecule has 0 spiro atoms. The van der Waals surface area contributed by atoms with Gasteiger partial charge in [0.2, 0.25) is 0 Å². The molecular weight excluding hydrogens is 407 g/mol. The standard InChI is InChI=1S/C23H22ClFN2O3/c1-16-11-13-27(20-9-7-19(25)8-10-20)23(30)21(16)22(29)26(12-2-14-28)15-17-3-5-18(24)6-4-17/h3-11,13,28H,2,12,14-15H2,1H3. The summed E-state index contributed by atoms with van der Waals surface area (Å²) in [5.74, 6) is -0.828. The summed E-state index contributed by atoms with van der Waals surface area (Å²) < 4.78 is 14.6. The van der Waals surface area contributed by atoms with Gasteiger partial charge in [-0.2, -0.15) is 0 Å². The van der Waals surface area contributed by atoms with Gasteiger partial charge in [-0.15, -0.1) is 0 Å². The number of hydrogen-bond acceptors (Lipinski definition) is 3. The number of nitrogens with zero attached hydrogens (tertiary/aromatic N) is 2. The summed E-state index contributed by atoms with van der Waals surface area (Å²) in [5.41, 5.74) is 1.45. The van der Waals surface area contributed by atoms with E-state index in [0.717, 1.165) is 5.56 Å². The monoisotopic (exact) mass is 428 g/mol. The first-order chi connectivity index (χ1) is 14.4. The highest BCUT2D eigenvalue weighted by atomic mass is 35.5. The van der Waals surface area contributed by atoms with E-state index in [1.54, 1.807) is 31.3 Å². The van der Waals surface area contributed by atoms with Crippen LogP contribution in [0.1, 0.15) is 27.9 Å². The Morgan fingerprint density at radius 2 is 1.77 bits per heavy atom. The van der Waals surface area contributed by atoms with Crippen molar-refractivity contribution in [2.75, 3.05) is 13.2 Å². The van der Waals surface area contributed by atoms with Gasteiger partial charge in [0.15, 0.2) is 0 Å². The third kappa shape index (κ3) is 4.96. The average molecular weight is 429 g/mol. The topological polar surface area (TPSA) is 62.5 Å². The van der Waals surface area contributed by atoms with Crippen LogP contribution in [0.2, 0.25) is 5.02 Å². The molecule has 0 bridgehead atoms. The van der Waals surface area contributed by atoms with Gasteiger partial charge in [-0.1, -0.05) is 23.7 Å². The van der Waals surface area contributed by atoms with E-state index in [0.29, 0.717) is 29.2 Å². The molecule has 0 radical (unpaired) electrons. The van der Waals surface area contributed by atoms with E-state index < -0.39 is 17.3 Å². The van der Waals surface area contributed by atoms with Crippen molar-refractivity contribution < 1.29 is 14.3 Å². The summed E-state index contributed by atoms with van der Waals surface area (Å²) in [7, 11) is 0. The van der Waals surface area contributed by atoms with Crippen molar-refractivity contribution in [1.82, 2.24) is 9.47 Å². The molecule has 1 aromatic heterocycles. The van der Waals surface area contributed by atoms with Crippen molar-refractivity contribution >= 4 is 17.5 Å². The predicted octanol–water partition coefficient (Wildman–Crippen LogP) is 3.96. The lowest BCUT2D eigenvalue weighted by molar-refractivity contribution is 0.0729. The van der Waals surface area contributed by atoms with Gasteiger partial charge in [0, 0.05) is 36.6 Å². The molecule has 1 N–H and O–H groups in total. The Balaban J connectivity index is 1.98. The molecule has 156 valence electrons. The number of hydrogen-bond donors (Lipinski definition) is 1. The van der Waals surface area contributed by atoms with Crippen LogP contribution in [-0.4, -0.2) is 33.6 Å². The van der Waals surface area contributed by atoms with E-state index >= 15 is 0 Å². The number of benzene rings is 2. The van der Waals surface area contributed by atoms with Gasteiger partial charge in [-0.05, 0) is 66.9 Å². The fourth-order valence-corrected chi connectivity index (χ4v) is 3.30. The van der Waals surface area contributed by atoms with Crippen LogP contribution in [0.4, 0.5) is 4.39 Å². The van der Waals surface area contributed by atoms with E-state index in [4.69, 9.17) is 11.6 Å². The predicted molar refractivity (Wildman–Crippen MR) is 115 cm³/mol. The molecule has 0 fully saturated rings. The lowest BCUT2D eigenvalue weighted by atomic mass is 10.1. The summed E-state index contributed by atoms with van der Waals surface area (Å²) in [5, 5.41) is 9.83. The Labute approximate surface area is 179 Å². The molecule has 0 aliphatic heterocycles. The SMILES string of the molecule is Cc1ccn(-c2ccc(F)cc2)c(=O)c1C(=O)N(CCCO)Cc1ccc(Cl)cc1. The van der Waals surface area contributed by atoms with Gasteiger partial charge in [0.25, 0.3) is 11.5 Å². The first-order valence-corrected chi connectivity index (χ1v) is 9.91. The largest absolute Gasteiger partial charge is 0.396 e. The number of aliphatic hydroxyl groups is 1. The van der Waals surface area contributed by atoms with Crippen molar-refractivity contribution in [2.45, 2.75) is 19.9 Å². The molecule has 3 rings (SSSR count). The Kier molecular flexibility index (Phi) is 7.03. The number of aromatic nitrogens is 1. The van der Waals surface area contributed by atoms with Gasteiger partial charge in [0.1, 0.15) is 11.4 Å². The second kappa shape index (κ2) is 9.69. The van der Waals surface area contributed by atoms with Crippen LogP contribution in [0.3, 0.4) is 0 Å². The first kappa shape index (κ1) is 21.7. The highest BCUT2D eigenvalue weighted by Gasteiger charge is 2.22. The minimum Gasteiger partial charge on any atom is -0.396 e. The van der Waals surface area contributed by atoms with E-state index in [9.17, 15) is 19.1 Å². The number of halogens is 2. The average Bonchev–Trinajstić information content (AvgIpc) is 2.73. The van der Waals surface area contributed by atoms with E-state index in [1.165, 1.54) is 33.7 Å². The minimum atomic E-state index is -0.475. The molecule has 1 amide bonds. The highest BCUT2D eigenvalue weighted by Crippen LogP contribution is 2.16. The zero-order chi connectivity index (χ0) is 21.7. The van der Waals surface area contributed by atoms with Crippen molar-refractivity contribution in [3.05, 3.63) is 98.7 Å². The number of pyridine rings is 1. The van der Waals surface area contributed by atoms with Crippen LogP contribution >= 0.6 is 11.6 Å². The molecule has 0 aliphatic rings. The van der Waals surface area contributed by atoms with Crippen molar-refractivity contribution in [3.63, 3.8) is 0 Å². The lowest BCUT2D eigenvalue weighted by Crippen LogP contribution is -2.37. The summed E-state index contributed by atoms with van der Waals surface area (Å²) in [6.07, 6.45) is 1.95. The van der Waals surface area contributed by atoms with Gasteiger partial charge < -0.3 is 10.0 Å². The third-order valence-electron chi connectivity index (χ3n) is 4.78. The Morgan fingerprint density at radius 1 is 1.10 bits per heavy atom. The molecule has 0 aliphatic carbocycles. The molecule has 30 heavy (non-hydrogen) atoms. The van der Waals surface area contributed by atoms with E-state index in [-0.39, 0.29) is 18.7 Å². The molecular formula is C23H22ClFN2O3. The maximum absolute atomic E-state index is 13.3. The van der Waals surface area contributed by atoms with Crippen LogP contribution in [0, 0.1) is 12.7 Å². The van der Waals surface area contributed by atoms with Crippen molar-refractivity contribution in [2.24, 2.45) is 0 Å². The first-order valence-electron chi connectivity index (χ1n) is 9.53. The maximum Gasteiger partial charge on any atom is 0.268 e. The molecule has 3 aromatic rings. The molecule has 0 saturated carbocycles. The molecule has 7 heteroatoms. The number of aliphatic hydroxyl groups excluding tert-OH is 1. The normalized spacial score (nSPS) is 10.8. The second-order valence-corrected chi connectivity index (χ2v) is 7.39. The molecule has 0 atom stereocenters. The Bertz CT molecular complexity index is 1080. The smallest absolute Gasteiger partial charge is 0.268 e. The Hall–Kier alpha value is -2.96. The molecule has 5 nitrogen and oxygen atoms in total. The van der Waals surface area contributed by atoms with Crippen LogP contribution in [0.25, 0.3) is 5.69 Å². The molecule has 0 saturated heterocycles. The Morgan fingerprint density at radius 3 is 2.40 bits per heavy atom. The van der Waals surface area contributed by atoms with Crippen LogP contribution in [0.5, 0.6) is 0 Å². The number of carbonyl (C=O) groups is 1. The zero-order valence-corrected chi connectivity index (χ0v) is 17.3. The quantitative estimate of drug-likeness (QED) is 0.619. The van der Waals surface area contributed by atoms with Crippen LogP contribution in [0.15, 0.2) is 65.6 Å². The fourth-order valence-electron chi connectivity index (χ4n) is 3.17. The number of carbonyl (C=O) groups excluding carboxylic acids is 1. The van der Waals surface area contributed by atoms with Gasteiger partial charge >= 0.3 is 0 Å². The fraction of sp³-hybridized carbons (Fsp3) is 0.217. The number of amides is 1. The van der Waals surface area contributed by atoms with Crippen molar-refractivity contribution in [1.29, 1.82) is 0 Å².